The van der Waals surface area contributed by atoms with Crippen molar-refractivity contribution in [3.63, 3.8) is 0 Å². The number of ether oxygens (including phenoxy) is 1. The zero-order chi connectivity index (χ0) is 27.5. The van der Waals surface area contributed by atoms with Gasteiger partial charge in [0.05, 0.1) is 33.5 Å². The van der Waals surface area contributed by atoms with Crippen LogP contribution in [-0.4, -0.2) is 15.8 Å². The van der Waals surface area contributed by atoms with Crippen molar-refractivity contribution in [1.29, 1.82) is 0 Å². The smallest absolute Gasteiger partial charge is 0.275 e. The fourth-order valence-corrected chi connectivity index (χ4v) is 4.47. The summed E-state index contributed by atoms with van der Waals surface area (Å²) in [7, 11) is 0. The number of anilines is 1. The normalized spacial score (nSPS) is 11.0. The van der Waals surface area contributed by atoms with Gasteiger partial charge in [-0.25, -0.2) is 4.98 Å². The maximum atomic E-state index is 13.6. The molecule has 0 spiro atoms. The van der Waals surface area contributed by atoms with Gasteiger partial charge in [0.2, 0.25) is 0 Å². The predicted octanol–water partition coefficient (Wildman–Crippen LogP) is 8.29. The van der Waals surface area contributed by atoms with Crippen LogP contribution in [0, 0.1) is 17.0 Å². The highest BCUT2D eigenvalue weighted by Crippen LogP contribution is 2.35. The van der Waals surface area contributed by atoms with Crippen molar-refractivity contribution in [2.24, 2.45) is 0 Å². The molecule has 0 unspecified atom stereocenters. The molecule has 0 aliphatic heterocycles. The van der Waals surface area contributed by atoms with E-state index in [0.717, 1.165) is 16.7 Å². The highest BCUT2D eigenvalue weighted by atomic mass is 16.6. The van der Waals surface area contributed by atoms with Crippen molar-refractivity contribution in [3.05, 3.63) is 124 Å². The number of nitro benzene ring substituents is 1. The monoisotopic (exact) mass is 517 g/mol. The van der Waals surface area contributed by atoms with Gasteiger partial charge in [-0.15, -0.1) is 0 Å². The number of rotatable bonds is 7. The Bertz CT molecular complexity index is 1700. The molecule has 1 N–H and O–H groups in total. The van der Waals surface area contributed by atoms with Crippen molar-refractivity contribution in [3.8, 4) is 22.8 Å². The number of para-hydroxylation sites is 1. The number of non-ortho nitro benzene ring substituents is 1. The second-order valence-electron chi connectivity index (χ2n) is 9.66. The molecule has 5 aromatic rings. The summed E-state index contributed by atoms with van der Waals surface area (Å²) in [5.41, 5.74) is 4.67. The molecule has 39 heavy (non-hydrogen) atoms. The summed E-state index contributed by atoms with van der Waals surface area (Å²) in [4.78, 5) is 29.6. The number of fused-ring (bicyclic) bond motifs is 1. The summed E-state index contributed by atoms with van der Waals surface area (Å²) in [6, 6.07) is 28.9. The van der Waals surface area contributed by atoms with Crippen LogP contribution in [0.15, 0.2) is 97.1 Å². The Balaban J connectivity index is 1.53. The number of pyridine rings is 1. The lowest BCUT2D eigenvalue weighted by molar-refractivity contribution is -0.384. The number of hydrogen-bond acceptors (Lipinski definition) is 5. The molecule has 0 atom stereocenters. The van der Waals surface area contributed by atoms with E-state index in [9.17, 15) is 14.9 Å². The Kier molecular flexibility index (Phi) is 7.06. The Morgan fingerprint density at radius 1 is 0.923 bits per heavy atom. The van der Waals surface area contributed by atoms with Crippen LogP contribution in [0.1, 0.15) is 41.3 Å². The van der Waals surface area contributed by atoms with E-state index in [1.54, 1.807) is 12.1 Å². The summed E-state index contributed by atoms with van der Waals surface area (Å²) in [5, 5.41) is 15.3. The highest BCUT2D eigenvalue weighted by molar-refractivity contribution is 6.13. The zero-order valence-electron chi connectivity index (χ0n) is 21.8. The van der Waals surface area contributed by atoms with Crippen LogP contribution < -0.4 is 10.1 Å². The molecule has 0 aliphatic rings. The minimum atomic E-state index is -0.503. The van der Waals surface area contributed by atoms with E-state index in [0.29, 0.717) is 27.9 Å². The zero-order valence-corrected chi connectivity index (χ0v) is 21.8. The average Bonchev–Trinajstić information content (AvgIpc) is 2.92. The Morgan fingerprint density at radius 3 is 2.41 bits per heavy atom. The molecule has 1 amide bonds. The molecule has 0 fully saturated rings. The first-order chi connectivity index (χ1) is 18.8. The summed E-state index contributed by atoms with van der Waals surface area (Å²) in [6.07, 6.45) is 0. The third-order valence-corrected chi connectivity index (χ3v) is 6.41. The molecule has 0 saturated carbocycles. The number of amides is 1. The van der Waals surface area contributed by atoms with E-state index in [2.05, 4.69) is 19.2 Å². The van der Waals surface area contributed by atoms with Gasteiger partial charge in [-0.2, -0.15) is 0 Å². The Labute approximate surface area is 226 Å². The maximum Gasteiger partial charge on any atom is 0.275 e. The lowest BCUT2D eigenvalue weighted by atomic mass is 10.0. The number of carbonyl (C=O) groups is 1. The van der Waals surface area contributed by atoms with Crippen LogP contribution in [0.25, 0.3) is 22.2 Å². The van der Waals surface area contributed by atoms with E-state index in [1.165, 1.54) is 12.1 Å². The Morgan fingerprint density at radius 2 is 1.67 bits per heavy atom. The van der Waals surface area contributed by atoms with Crippen LogP contribution in [0.5, 0.6) is 11.5 Å². The molecular formula is C32H27N3O4. The van der Waals surface area contributed by atoms with Crippen molar-refractivity contribution in [1.82, 2.24) is 4.98 Å². The van der Waals surface area contributed by atoms with E-state index >= 15 is 0 Å². The van der Waals surface area contributed by atoms with Gasteiger partial charge < -0.3 is 10.1 Å². The molecule has 194 valence electrons. The van der Waals surface area contributed by atoms with Gasteiger partial charge in [-0.05, 0) is 42.2 Å². The van der Waals surface area contributed by atoms with E-state index < -0.39 is 10.8 Å². The number of nitrogens with zero attached hydrogens (tertiary/aromatic N) is 2. The first-order valence-electron chi connectivity index (χ1n) is 12.6. The van der Waals surface area contributed by atoms with Crippen LogP contribution in [0.2, 0.25) is 0 Å². The number of aromatic nitrogens is 1. The third-order valence-electron chi connectivity index (χ3n) is 6.41. The molecule has 1 aromatic heterocycles. The van der Waals surface area contributed by atoms with Gasteiger partial charge in [0.15, 0.2) is 0 Å². The van der Waals surface area contributed by atoms with Crippen molar-refractivity contribution in [2.45, 2.75) is 26.7 Å². The van der Waals surface area contributed by atoms with Crippen molar-refractivity contribution < 1.29 is 14.5 Å². The summed E-state index contributed by atoms with van der Waals surface area (Å²) in [5.74, 6) is 0.667. The quantitative estimate of drug-likeness (QED) is 0.173. The number of benzene rings is 4. The van der Waals surface area contributed by atoms with Gasteiger partial charge in [-0.3, -0.25) is 14.9 Å². The standard InChI is InChI=1S/C32H27N3O4/c1-20(2)26-14-13-21(3)15-31(26)39-25-17-23(16-24(18-25)35(37)38)33-32(36)28-19-30(22-9-5-4-6-10-22)34-29-12-8-7-11-27(28)29/h4-20H,1-3H3,(H,33,36). The molecule has 7 heteroatoms. The molecule has 0 saturated heterocycles. The van der Waals surface area contributed by atoms with E-state index in [4.69, 9.17) is 9.72 Å². The first kappa shape index (κ1) is 25.6. The number of nitrogens with one attached hydrogen (secondary N) is 1. The van der Waals surface area contributed by atoms with Crippen molar-refractivity contribution in [2.75, 3.05) is 5.32 Å². The summed E-state index contributed by atoms with van der Waals surface area (Å²) in [6.45, 7) is 6.07. The average molecular weight is 518 g/mol. The SMILES string of the molecule is Cc1ccc(C(C)C)c(Oc2cc(NC(=O)c3cc(-c4ccccc4)nc4ccccc34)cc([N+](=O)[O-])c2)c1. The maximum absolute atomic E-state index is 13.6. The van der Waals surface area contributed by atoms with Gasteiger partial charge in [-0.1, -0.05) is 74.5 Å². The van der Waals surface area contributed by atoms with Gasteiger partial charge >= 0.3 is 0 Å². The Hall–Kier alpha value is -5.04. The number of hydrogen-bond donors (Lipinski definition) is 1. The topological polar surface area (TPSA) is 94.4 Å². The number of carbonyl (C=O) groups excluding carboxylic acids is 1. The molecule has 7 nitrogen and oxygen atoms in total. The second-order valence-corrected chi connectivity index (χ2v) is 9.66. The molecule has 1 heterocycles. The minimum absolute atomic E-state index is 0.189. The largest absolute Gasteiger partial charge is 0.457 e. The second kappa shape index (κ2) is 10.8. The van der Waals surface area contributed by atoms with Gasteiger partial charge in [0.1, 0.15) is 11.5 Å². The summed E-state index contributed by atoms with van der Waals surface area (Å²) >= 11 is 0. The molecule has 0 aliphatic carbocycles. The van der Waals surface area contributed by atoms with Crippen LogP contribution in [-0.2, 0) is 0 Å². The molecule has 0 radical (unpaired) electrons. The molecular weight excluding hydrogens is 490 g/mol. The fourth-order valence-electron chi connectivity index (χ4n) is 4.47. The highest BCUT2D eigenvalue weighted by Gasteiger charge is 2.18. The van der Waals surface area contributed by atoms with Gasteiger partial charge in [0.25, 0.3) is 11.6 Å². The molecule has 4 aromatic carbocycles. The van der Waals surface area contributed by atoms with Crippen LogP contribution in [0.4, 0.5) is 11.4 Å². The fraction of sp³-hybridized carbons (Fsp3) is 0.125. The van der Waals surface area contributed by atoms with Crippen LogP contribution in [0.3, 0.4) is 0 Å². The molecule has 0 bridgehead atoms. The van der Waals surface area contributed by atoms with E-state index in [1.807, 2.05) is 79.7 Å². The van der Waals surface area contributed by atoms with Gasteiger partial charge in [0, 0.05) is 23.1 Å². The van der Waals surface area contributed by atoms with Crippen LogP contribution >= 0.6 is 0 Å². The first-order valence-corrected chi connectivity index (χ1v) is 12.6. The number of aryl methyl sites for hydroxylation is 1. The summed E-state index contributed by atoms with van der Waals surface area (Å²) < 4.78 is 6.15. The van der Waals surface area contributed by atoms with E-state index in [-0.39, 0.29) is 23.0 Å². The third kappa shape index (κ3) is 5.62. The minimum Gasteiger partial charge on any atom is -0.457 e. The molecule has 5 rings (SSSR count). The number of nitro groups is 1. The predicted molar refractivity (Wildman–Crippen MR) is 154 cm³/mol. The lowest BCUT2D eigenvalue weighted by Gasteiger charge is -2.16. The lowest BCUT2D eigenvalue weighted by Crippen LogP contribution is -2.13. The van der Waals surface area contributed by atoms with Crippen molar-refractivity contribution >= 4 is 28.2 Å².